The Hall–Kier alpha value is -2.55. The first kappa shape index (κ1) is 17.8. The molecule has 1 aliphatic rings. The summed E-state index contributed by atoms with van der Waals surface area (Å²) in [6.45, 7) is 7.40. The molecule has 1 aliphatic carbocycles. The molecule has 3 nitrogen and oxygen atoms in total. The van der Waals surface area contributed by atoms with Crippen LogP contribution in [0.2, 0.25) is 0 Å². The number of fused-ring (bicyclic) bond motifs is 3. The van der Waals surface area contributed by atoms with Crippen LogP contribution in [0.5, 0.6) is 0 Å². The number of hydrogen-bond donors (Lipinski definition) is 1. The molecule has 0 saturated heterocycles. The zero-order chi connectivity index (χ0) is 19.2. The van der Waals surface area contributed by atoms with Crippen molar-refractivity contribution in [1.82, 2.24) is 4.57 Å². The van der Waals surface area contributed by atoms with Crippen molar-refractivity contribution in [3.05, 3.63) is 70.9 Å². The third-order valence-corrected chi connectivity index (χ3v) is 5.82. The molecule has 3 heteroatoms. The maximum absolute atomic E-state index is 12.0. The van der Waals surface area contributed by atoms with Gasteiger partial charge in [-0.05, 0) is 53.5 Å². The van der Waals surface area contributed by atoms with Gasteiger partial charge in [-0.15, -0.1) is 0 Å². The summed E-state index contributed by atoms with van der Waals surface area (Å²) in [7, 11) is 0. The van der Waals surface area contributed by atoms with Gasteiger partial charge in [-0.1, -0.05) is 57.2 Å². The molecule has 1 unspecified atom stereocenters. The summed E-state index contributed by atoms with van der Waals surface area (Å²) in [5, 5.41) is 11.0. The summed E-state index contributed by atoms with van der Waals surface area (Å²) < 4.78 is 2.35. The van der Waals surface area contributed by atoms with Crippen LogP contribution < -0.4 is 0 Å². The second kappa shape index (κ2) is 6.56. The second-order valence-electron chi connectivity index (χ2n) is 8.70. The molecule has 1 atom stereocenters. The van der Waals surface area contributed by atoms with E-state index in [4.69, 9.17) is 0 Å². The van der Waals surface area contributed by atoms with Crippen molar-refractivity contribution in [3.63, 3.8) is 0 Å². The highest BCUT2D eigenvalue weighted by Crippen LogP contribution is 2.41. The van der Waals surface area contributed by atoms with E-state index in [9.17, 15) is 9.90 Å². The normalized spacial score (nSPS) is 17.1. The maximum Gasteiger partial charge on any atom is 0.311 e. The summed E-state index contributed by atoms with van der Waals surface area (Å²) in [6, 6.07) is 17.1. The third kappa shape index (κ3) is 3.16. The summed E-state index contributed by atoms with van der Waals surface area (Å²) in [5.74, 6) is -1.10. The Kier molecular flexibility index (Phi) is 4.33. The van der Waals surface area contributed by atoms with Crippen LogP contribution in [0.1, 0.15) is 61.9 Å². The predicted octanol–water partition coefficient (Wildman–Crippen LogP) is 5.49. The Bertz CT molecular complexity index is 993. The zero-order valence-corrected chi connectivity index (χ0v) is 16.3. The second-order valence-corrected chi connectivity index (χ2v) is 8.70. The fourth-order valence-corrected chi connectivity index (χ4v) is 4.37. The molecular formula is C24H27NO2. The average molecular weight is 361 g/mol. The molecule has 1 N–H and O–H groups in total. The molecule has 1 aromatic heterocycles. The molecule has 27 heavy (non-hydrogen) atoms. The number of rotatable bonds is 3. The molecule has 0 fully saturated rings. The van der Waals surface area contributed by atoms with Gasteiger partial charge in [-0.2, -0.15) is 0 Å². The van der Waals surface area contributed by atoms with Gasteiger partial charge in [0.05, 0.1) is 5.92 Å². The number of carboxylic acid groups (broad SMARTS) is 1. The van der Waals surface area contributed by atoms with E-state index in [0.717, 1.165) is 42.3 Å². The Morgan fingerprint density at radius 1 is 1.15 bits per heavy atom. The first-order valence-electron chi connectivity index (χ1n) is 9.78. The van der Waals surface area contributed by atoms with Gasteiger partial charge in [0, 0.05) is 23.1 Å². The van der Waals surface area contributed by atoms with Gasteiger partial charge in [0.1, 0.15) is 0 Å². The van der Waals surface area contributed by atoms with Crippen LogP contribution in [-0.2, 0) is 23.2 Å². The van der Waals surface area contributed by atoms with Gasteiger partial charge in [0.2, 0.25) is 0 Å². The fourth-order valence-electron chi connectivity index (χ4n) is 4.37. The third-order valence-electron chi connectivity index (χ3n) is 5.82. The molecule has 3 aromatic rings. The van der Waals surface area contributed by atoms with Crippen molar-refractivity contribution in [2.24, 2.45) is 0 Å². The van der Waals surface area contributed by atoms with Gasteiger partial charge in [0.25, 0.3) is 0 Å². The molecule has 0 radical (unpaired) electrons. The van der Waals surface area contributed by atoms with Crippen LogP contribution in [-0.4, -0.2) is 15.6 Å². The lowest BCUT2D eigenvalue weighted by Gasteiger charge is -2.22. The lowest BCUT2D eigenvalue weighted by molar-refractivity contribution is -0.139. The maximum atomic E-state index is 12.0. The van der Waals surface area contributed by atoms with Crippen LogP contribution >= 0.6 is 0 Å². The van der Waals surface area contributed by atoms with Crippen molar-refractivity contribution in [3.8, 4) is 0 Å². The van der Waals surface area contributed by atoms with Gasteiger partial charge < -0.3 is 9.67 Å². The first-order valence-corrected chi connectivity index (χ1v) is 9.78. The fraction of sp³-hybridized carbons (Fsp3) is 0.375. The highest BCUT2D eigenvalue weighted by atomic mass is 16.4. The summed E-state index contributed by atoms with van der Waals surface area (Å²) >= 11 is 0. The van der Waals surface area contributed by atoms with Crippen LogP contribution in [0.25, 0.3) is 10.9 Å². The van der Waals surface area contributed by atoms with Gasteiger partial charge >= 0.3 is 5.97 Å². The van der Waals surface area contributed by atoms with Crippen LogP contribution in [0.3, 0.4) is 0 Å². The predicted molar refractivity (Wildman–Crippen MR) is 109 cm³/mol. The van der Waals surface area contributed by atoms with Gasteiger partial charge in [-0.3, -0.25) is 4.79 Å². The van der Waals surface area contributed by atoms with E-state index in [0.29, 0.717) is 0 Å². The molecule has 0 aliphatic heterocycles. The summed E-state index contributed by atoms with van der Waals surface area (Å²) in [6.07, 6.45) is 2.61. The first-order chi connectivity index (χ1) is 12.9. The Balaban J connectivity index is 1.96. The molecule has 140 valence electrons. The van der Waals surface area contributed by atoms with Crippen molar-refractivity contribution in [2.45, 2.75) is 57.9 Å². The average Bonchev–Trinajstić information content (AvgIpc) is 2.95. The van der Waals surface area contributed by atoms with Crippen molar-refractivity contribution in [1.29, 1.82) is 0 Å². The molecule has 2 aromatic carbocycles. The van der Waals surface area contributed by atoms with E-state index in [2.05, 4.69) is 67.8 Å². The van der Waals surface area contributed by atoms with E-state index in [1.807, 2.05) is 6.07 Å². The number of benzene rings is 2. The summed E-state index contributed by atoms with van der Waals surface area (Å²) in [5.41, 5.74) is 5.95. The van der Waals surface area contributed by atoms with E-state index in [1.54, 1.807) is 0 Å². The van der Waals surface area contributed by atoms with Crippen LogP contribution in [0.4, 0.5) is 0 Å². The number of aliphatic carboxylic acids is 1. The Labute approximate surface area is 160 Å². The molecule has 0 bridgehead atoms. The number of hydrogen-bond acceptors (Lipinski definition) is 1. The molecule has 0 amide bonds. The minimum Gasteiger partial charge on any atom is -0.481 e. The van der Waals surface area contributed by atoms with E-state index >= 15 is 0 Å². The summed E-state index contributed by atoms with van der Waals surface area (Å²) in [4.78, 5) is 12.0. The number of carboxylic acids is 1. The topological polar surface area (TPSA) is 42.2 Å². The van der Waals surface area contributed by atoms with E-state index < -0.39 is 11.9 Å². The van der Waals surface area contributed by atoms with Crippen molar-refractivity contribution in [2.75, 3.05) is 0 Å². The Morgan fingerprint density at radius 2 is 1.89 bits per heavy atom. The lowest BCUT2D eigenvalue weighted by atomic mass is 9.82. The highest BCUT2D eigenvalue weighted by molar-refractivity contribution is 5.92. The largest absolute Gasteiger partial charge is 0.481 e. The quantitative estimate of drug-likeness (QED) is 0.670. The number of carbonyl (C=O) groups is 1. The molecular weight excluding hydrogens is 334 g/mol. The van der Waals surface area contributed by atoms with Gasteiger partial charge in [0.15, 0.2) is 0 Å². The monoisotopic (exact) mass is 361 g/mol. The molecule has 0 saturated carbocycles. The minimum absolute atomic E-state index is 0.0377. The Morgan fingerprint density at radius 3 is 2.56 bits per heavy atom. The van der Waals surface area contributed by atoms with E-state index in [-0.39, 0.29) is 5.41 Å². The molecule has 4 rings (SSSR count). The highest BCUT2D eigenvalue weighted by Gasteiger charge is 2.32. The van der Waals surface area contributed by atoms with Crippen molar-refractivity contribution < 1.29 is 9.90 Å². The minimum atomic E-state index is -0.698. The molecule has 1 heterocycles. The van der Waals surface area contributed by atoms with Crippen LogP contribution in [0, 0.1) is 0 Å². The SMILES string of the molecule is CC(C)(C)c1ccc2c(c1)c1c(n2Cc2ccccc2)CCCC1C(=O)O. The zero-order valence-electron chi connectivity index (χ0n) is 16.3. The lowest BCUT2D eigenvalue weighted by Crippen LogP contribution is -2.19. The smallest absolute Gasteiger partial charge is 0.311 e. The number of nitrogens with zero attached hydrogens (tertiary/aromatic N) is 1. The standard InChI is InChI=1S/C24H27NO2/c1-24(2,3)17-12-13-20-19(14-17)22-18(23(26)27)10-7-11-21(22)25(20)15-16-8-5-4-6-9-16/h4-6,8-9,12-14,18H,7,10-11,15H2,1-3H3,(H,26,27). The van der Waals surface area contributed by atoms with E-state index in [1.165, 1.54) is 16.8 Å². The molecule has 0 spiro atoms. The van der Waals surface area contributed by atoms with Gasteiger partial charge in [-0.25, -0.2) is 0 Å². The van der Waals surface area contributed by atoms with Crippen LogP contribution in [0.15, 0.2) is 48.5 Å². The van der Waals surface area contributed by atoms with Crippen molar-refractivity contribution >= 4 is 16.9 Å². The number of aromatic nitrogens is 1.